The summed E-state index contributed by atoms with van der Waals surface area (Å²) in [6.07, 6.45) is 17.0. The molecular weight excluding hydrogens is 924 g/mol. The van der Waals surface area contributed by atoms with Gasteiger partial charge >= 0.3 is 5.97 Å². The molecule has 3 aromatic rings. The molecule has 6 fully saturated rings. The number of halogens is 1. The molecule has 4 saturated heterocycles. The van der Waals surface area contributed by atoms with E-state index in [1.165, 1.54) is 12.3 Å². The molecule has 5 N–H and O–H groups in total. The maximum Gasteiger partial charge on any atom is 0.343 e. The summed E-state index contributed by atoms with van der Waals surface area (Å²) in [5.41, 5.74) is 1.20. The van der Waals surface area contributed by atoms with Gasteiger partial charge in [-0.25, -0.2) is 14.2 Å². The number of likely N-dealkylation sites (tertiary alicyclic amines) is 1. The zero-order chi connectivity index (χ0) is 50.4. The maximum absolute atomic E-state index is 15.3. The van der Waals surface area contributed by atoms with Crippen LogP contribution in [0.5, 0.6) is 0 Å². The van der Waals surface area contributed by atoms with Gasteiger partial charge in [-0.2, -0.15) is 10.1 Å². The molecule has 6 heterocycles. The zero-order valence-corrected chi connectivity index (χ0v) is 42.0. The highest BCUT2D eigenvalue weighted by molar-refractivity contribution is 6.01. The Kier molecular flexibility index (Phi) is 16.2. The van der Waals surface area contributed by atoms with Crippen molar-refractivity contribution in [3.05, 3.63) is 48.2 Å². The minimum atomic E-state index is -0.805. The van der Waals surface area contributed by atoms with Crippen molar-refractivity contribution in [2.75, 3.05) is 79.8 Å². The molecule has 72 heavy (non-hydrogen) atoms. The Hall–Kier alpha value is -5.89. The lowest BCUT2D eigenvalue weighted by Crippen LogP contribution is -2.54. The molecule has 390 valence electrons. The van der Waals surface area contributed by atoms with E-state index in [9.17, 15) is 29.1 Å². The SMILES string of the molecule is CCOC(=O)c1cnc(Nc2cnn(C)c2)nc1NC1CCC(N2CCN(C(=O)C3CCC(C(=O)N4CCC(CCC5(O)CCN(c6ccc(N[C@@H]7CCC(=O)NC7=O)cc6F)CC5)CC4)CC3)CC2)CC1. The summed E-state index contributed by atoms with van der Waals surface area (Å²) in [5, 5.41) is 27.8. The van der Waals surface area contributed by atoms with Crippen LogP contribution in [0.3, 0.4) is 0 Å². The first-order chi connectivity index (χ1) is 34.8. The number of aliphatic hydroxyl groups is 1. The minimum absolute atomic E-state index is 0.0272. The fourth-order valence-corrected chi connectivity index (χ4v) is 11.9. The van der Waals surface area contributed by atoms with Gasteiger partial charge in [0.2, 0.25) is 29.6 Å². The highest BCUT2D eigenvalue weighted by Gasteiger charge is 2.39. The normalized spacial score (nSPS) is 25.4. The van der Waals surface area contributed by atoms with E-state index in [1.807, 2.05) is 23.0 Å². The second-order valence-electron chi connectivity index (χ2n) is 21.1. The predicted molar refractivity (Wildman–Crippen MR) is 269 cm³/mol. The first-order valence-corrected chi connectivity index (χ1v) is 26.5. The lowest BCUT2D eigenvalue weighted by atomic mass is 9.79. The number of piperidine rings is 3. The van der Waals surface area contributed by atoms with Gasteiger partial charge in [0.1, 0.15) is 23.2 Å². The van der Waals surface area contributed by atoms with E-state index < -0.39 is 29.3 Å². The number of nitrogens with one attached hydrogen (secondary N) is 4. The van der Waals surface area contributed by atoms with Crippen LogP contribution in [0.4, 0.5) is 33.2 Å². The molecular formula is C52H73FN12O7. The predicted octanol–water partition coefficient (Wildman–Crippen LogP) is 5.21. The Morgan fingerprint density at radius 2 is 1.51 bits per heavy atom. The number of amides is 4. The van der Waals surface area contributed by atoms with Crippen molar-refractivity contribution in [3.8, 4) is 0 Å². The lowest BCUT2D eigenvalue weighted by Gasteiger charge is -2.43. The van der Waals surface area contributed by atoms with Crippen LogP contribution in [0.1, 0.15) is 120 Å². The molecule has 1 aromatic carbocycles. The van der Waals surface area contributed by atoms with E-state index in [0.717, 1.165) is 116 Å². The third-order valence-corrected chi connectivity index (χ3v) is 16.4. The molecule has 9 rings (SSSR count). The summed E-state index contributed by atoms with van der Waals surface area (Å²) in [6, 6.07) is 4.83. The van der Waals surface area contributed by atoms with Gasteiger partial charge in [-0.1, -0.05) is 0 Å². The van der Waals surface area contributed by atoms with Crippen LogP contribution in [-0.4, -0.2) is 152 Å². The van der Waals surface area contributed by atoms with Crippen LogP contribution in [0.2, 0.25) is 0 Å². The van der Waals surface area contributed by atoms with Crippen molar-refractivity contribution >= 4 is 58.4 Å². The van der Waals surface area contributed by atoms with Crippen molar-refractivity contribution in [2.45, 2.75) is 133 Å². The summed E-state index contributed by atoms with van der Waals surface area (Å²) >= 11 is 0. The summed E-state index contributed by atoms with van der Waals surface area (Å²) in [5.74, 6) is 0.113. The number of aromatic nitrogens is 4. The molecule has 2 aromatic heterocycles. The molecule has 4 aliphatic heterocycles. The number of nitrogens with zero attached hydrogens (tertiary/aromatic N) is 8. The van der Waals surface area contributed by atoms with Gasteiger partial charge in [0.05, 0.1) is 29.8 Å². The average molecular weight is 997 g/mol. The molecule has 0 bridgehead atoms. The molecule has 4 amide bonds. The standard InChI is InChI=1S/C52H73FN12O7/c1-3-72-50(70)41-32-54-51(58-39-31-55-61(2)33-39)60-46(41)57-37-8-11-40(12-9-37)62-26-28-65(29-27-62)49(69)36-6-4-35(5-7-36)48(68)64-22-17-34(18-23-64)16-19-52(71)20-24-63(25-21-52)44-14-10-38(30-42(44)53)56-43-13-15-45(66)59-47(43)67/h10,14,30-37,40,43,56,71H,3-9,11-13,15-29H2,1-2H3,(H,59,66,67)(H2,54,57,58,60)/t35?,36?,37?,40?,43-/m1/s1. The number of carbonyl (C=O) groups is 5. The van der Waals surface area contributed by atoms with E-state index in [0.29, 0.717) is 79.4 Å². The summed E-state index contributed by atoms with van der Waals surface area (Å²) in [7, 11) is 1.83. The molecule has 6 aliphatic rings. The van der Waals surface area contributed by atoms with Crippen LogP contribution in [0.15, 0.2) is 36.8 Å². The molecule has 0 radical (unpaired) electrons. The number of hydrogen-bond donors (Lipinski definition) is 5. The van der Waals surface area contributed by atoms with Gasteiger partial charge in [-0.05, 0) is 127 Å². The second-order valence-corrected chi connectivity index (χ2v) is 21.1. The molecule has 0 spiro atoms. The maximum atomic E-state index is 15.3. The number of rotatable bonds is 15. The van der Waals surface area contributed by atoms with Crippen LogP contribution in [-0.2, 0) is 31.0 Å². The van der Waals surface area contributed by atoms with Gasteiger partial charge in [-0.15, -0.1) is 0 Å². The van der Waals surface area contributed by atoms with E-state index in [4.69, 9.17) is 4.74 Å². The zero-order valence-electron chi connectivity index (χ0n) is 42.0. The fraction of sp³-hybridized carbons (Fsp3) is 0.654. The number of hydrogen-bond acceptors (Lipinski definition) is 15. The first kappa shape index (κ1) is 51.0. The van der Waals surface area contributed by atoms with E-state index >= 15 is 4.39 Å². The quantitative estimate of drug-likeness (QED) is 0.0975. The molecule has 20 heteroatoms. The molecule has 2 aliphatic carbocycles. The van der Waals surface area contributed by atoms with Gasteiger partial charge in [0.15, 0.2) is 0 Å². The Balaban J connectivity index is 0.649. The summed E-state index contributed by atoms with van der Waals surface area (Å²) < 4.78 is 22.3. The lowest BCUT2D eigenvalue weighted by molar-refractivity contribution is -0.143. The number of aryl methyl sites for hydroxylation is 1. The van der Waals surface area contributed by atoms with E-state index in [2.05, 4.69) is 46.1 Å². The van der Waals surface area contributed by atoms with Crippen molar-refractivity contribution in [2.24, 2.45) is 24.8 Å². The number of esters is 1. The molecule has 19 nitrogen and oxygen atoms in total. The number of piperazine rings is 1. The summed E-state index contributed by atoms with van der Waals surface area (Å²) in [6.45, 7) is 7.72. The number of anilines is 5. The monoisotopic (exact) mass is 997 g/mol. The fourth-order valence-electron chi connectivity index (χ4n) is 11.9. The van der Waals surface area contributed by atoms with Crippen molar-refractivity contribution in [1.29, 1.82) is 0 Å². The second kappa shape index (κ2) is 22.9. The molecule has 1 atom stereocenters. The van der Waals surface area contributed by atoms with Crippen molar-refractivity contribution in [3.63, 3.8) is 0 Å². The van der Waals surface area contributed by atoms with Gasteiger partial charge in [0.25, 0.3) is 0 Å². The average Bonchev–Trinajstić information content (AvgIpc) is 3.81. The van der Waals surface area contributed by atoms with Crippen LogP contribution < -0.4 is 26.2 Å². The third-order valence-electron chi connectivity index (χ3n) is 16.4. The Labute approximate surface area is 421 Å². The smallest absolute Gasteiger partial charge is 0.343 e. The molecule has 2 saturated carbocycles. The number of carbonyl (C=O) groups excluding carboxylic acids is 5. The topological polar surface area (TPSA) is 219 Å². The van der Waals surface area contributed by atoms with E-state index in [-0.39, 0.29) is 48.6 Å². The van der Waals surface area contributed by atoms with Gasteiger partial charge in [-0.3, -0.25) is 34.1 Å². The third kappa shape index (κ3) is 12.5. The largest absolute Gasteiger partial charge is 0.462 e. The van der Waals surface area contributed by atoms with Crippen LogP contribution in [0.25, 0.3) is 0 Å². The minimum Gasteiger partial charge on any atom is -0.462 e. The summed E-state index contributed by atoms with van der Waals surface area (Å²) in [4.78, 5) is 81.6. The highest BCUT2D eigenvalue weighted by atomic mass is 19.1. The van der Waals surface area contributed by atoms with Gasteiger partial charge in [0, 0.05) is 108 Å². The first-order valence-electron chi connectivity index (χ1n) is 26.5. The van der Waals surface area contributed by atoms with E-state index in [1.54, 1.807) is 29.9 Å². The number of ether oxygens (including phenoxy) is 1. The van der Waals surface area contributed by atoms with Gasteiger partial charge < -0.3 is 40.5 Å². The molecule has 0 unspecified atom stereocenters. The Morgan fingerprint density at radius 3 is 2.14 bits per heavy atom. The number of imide groups is 1. The van der Waals surface area contributed by atoms with Crippen molar-refractivity contribution < 1.29 is 38.2 Å². The van der Waals surface area contributed by atoms with Crippen LogP contribution in [0, 0.1) is 23.6 Å². The Bertz CT molecular complexity index is 2400. The number of benzene rings is 1. The Morgan fingerprint density at radius 1 is 0.833 bits per heavy atom. The van der Waals surface area contributed by atoms with Crippen LogP contribution >= 0.6 is 0 Å². The highest BCUT2D eigenvalue weighted by Crippen LogP contribution is 2.37. The van der Waals surface area contributed by atoms with Crippen molar-refractivity contribution in [1.82, 2.24) is 39.8 Å².